The van der Waals surface area contributed by atoms with Gasteiger partial charge in [-0.2, -0.15) is 0 Å². The van der Waals surface area contributed by atoms with Crippen LogP contribution < -0.4 is 5.32 Å². The standard InChI is InChI=1S/C17H12Cl2N2O6/c18-12-4-10-11(5-13(12)19)17(25)21(16(10)24)7-15(23)27-8-14(22)20-6-9-2-1-3-26-9/h1-5H,6-8H2,(H,20,22). The van der Waals surface area contributed by atoms with Gasteiger partial charge in [0.15, 0.2) is 6.61 Å². The number of nitrogens with zero attached hydrogens (tertiary/aromatic N) is 1. The highest BCUT2D eigenvalue weighted by Crippen LogP contribution is 2.31. The van der Waals surface area contributed by atoms with Crippen molar-refractivity contribution >= 4 is 46.9 Å². The summed E-state index contributed by atoms with van der Waals surface area (Å²) >= 11 is 11.7. The Bertz CT molecular complexity index is 885. The van der Waals surface area contributed by atoms with Gasteiger partial charge in [0.1, 0.15) is 12.3 Å². The van der Waals surface area contributed by atoms with Gasteiger partial charge < -0.3 is 14.5 Å². The van der Waals surface area contributed by atoms with E-state index in [9.17, 15) is 19.2 Å². The zero-order valence-corrected chi connectivity index (χ0v) is 15.2. The predicted molar refractivity (Wildman–Crippen MR) is 93.3 cm³/mol. The molecule has 10 heteroatoms. The molecule has 1 aromatic carbocycles. The van der Waals surface area contributed by atoms with Crippen LogP contribution in [0.4, 0.5) is 0 Å². The van der Waals surface area contributed by atoms with Crippen molar-refractivity contribution in [3.63, 3.8) is 0 Å². The van der Waals surface area contributed by atoms with Crippen molar-refractivity contribution in [3.8, 4) is 0 Å². The molecule has 0 atom stereocenters. The molecule has 2 aromatic rings. The monoisotopic (exact) mass is 410 g/mol. The van der Waals surface area contributed by atoms with Crippen LogP contribution in [-0.2, 0) is 20.9 Å². The lowest BCUT2D eigenvalue weighted by Crippen LogP contribution is -2.37. The Balaban J connectivity index is 1.53. The van der Waals surface area contributed by atoms with E-state index in [4.69, 9.17) is 32.4 Å². The molecular formula is C17H12Cl2N2O6. The number of esters is 1. The number of furan rings is 1. The van der Waals surface area contributed by atoms with Gasteiger partial charge in [0.25, 0.3) is 17.7 Å². The molecule has 0 aliphatic carbocycles. The van der Waals surface area contributed by atoms with Gasteiger partial charge in [-0.3, -0.25) is 24.1 Å². The maximum atomic E-state index is 12.3. The largest absolute Gasteiger partial charge is 0.467 e. The molecule has 1 aliphatic heterocycles. The third-order valence-corrected chi connectivity index (χ3v) is 4.43. The number of carbonyl (C=O) groups is 4. The summed E-state index contributed by atoms with van der Waals surface area (Å²) in [6.45, 7) is -1.04. The number of fused-ring (bicyclic) bond motifs is 1. The number of hydrogen-bond acceptors (Lipinski definition) is 6. The van der Waals surface area contributed by atoms with Crippen LogP contribution in [0.15, 0.2) is 34.9 Å². The van der Waals surface area contributed by atoms with Crippen LogP contribution in [-0.4, -0.2) is 41.7 Å². The highest BCUT2D eigenvalue weighted by molar-refractivity contribution is 6.43. The van der Waals surface area contributed by atoms with Crippen LogP contribution in [0, 0.1) is 0 Å². The summed E-state index contributed by atoms with van der Waals surface area (Å²) < 4.78 is 9.85. The lowest BCUT2D eigenvalue weighted by Gasteiger charge is -2.12. The Morgan fingerprint density at radius 1 is 1.11 bits per heavy atom. The van der Waals surface area contributed by atoms with Crippen molar-refractivity contribution in [2.75, 3.05) is 13.2 Å². The Morgan fingerprint density at radius 3 is 2.30 bits per heavy atom. The molecule has 3 amide bonds. The Kier molecular flexibility index (Phi) is 5.48. The molecule has 0 bridgehead atoms. The minimum atomic E-state index is -0.908. The van der Waals surface area contributed by atoms with E-state index in [1.807, 2.05) is 0 Å². The van der Waals surface area contributed by atoms with E-state index in [1.54, 1.807) is 12.1 Å². The number of carbonyl (C=O) groups excluding carboxylic acids is 4. The van der Waals surface area contributed by atoms with E-state index in [0.29, 0.717) is 10.7 Å². The fourth-order valence-electron chi connectivity index (χ4n) is 2.40. The van der Waals surface area contributed by atoms with Crippen molar-refractivity contribution in [1.82, 2.24) is 10.2 Å². The summed E-state index contributed by atoms with van der Waals surface area (Å²) in [4.78, 5) is 48.8. The average molecular weight is 411 g/mol. The zero-order chi connectivity index (χ0) is 19.6. The van der Waals surface area contributed by atoms with Crippen molar-refractivity contribution < 1.29 is 28.3 Å². The molecule has 8 nitrogen and oxygen atoms in total. The van der Waals surface area contributed by atoms with Crippen LogP contribution >= 0.6 is 23.2 Å². The number of imide groups is 1. The van der Waals surface area contributed by atoms with Gasteiger partial charge in [-0.25, -0.2) is 0 Å². The number of ether oxygens (including phenoxy) is 1. The number of amides is 3. The summed E-state index contributed by atoms with van der Waals surface area (Å²) in [5, 5.41) is 2.73. The van der Waals surface area contributed by atoms with E-state index in [-0.39, 0.29) is 27.7 Å². The topological polar surface area (TPSA) is 106 Å². The second kappa shape index (κ2) is 7.81. The molecule has 140 valence electrons. The van der Waals surface area contributed by atoms with E-state index in [2.05, 4.69) is 5.32 Å². The van der Waals surface area contributed by atoms with Crippen molar-refractivity contribution in [2.24, 2.45) is 0 Å². The second-order valence-electron chi connectivity index (χ2n) is 5.53. The van der Waals surface area contributed by atoms with E-state index in [0.717, 1.165) is 0 Å². The van der Waals surface area contributed by atoms with Crippen LogP contribution in [0.1, 0.15) is 26.5 Å². The lowest BCUT2D eigenvalue weighted by molar-refractivity contribution is -0.148. The maximum absolute atomic E-state index is 12.3. The van der Waals surface area contributed by atoms with Gasteiger partial charge in [-0.1, -0.05) is 23.2 Å². The fraction of sp³-hybridized carbons (Fsp3) is 0.176. The summed E-state index contributed by atoms with van der Waals surface area (Å²) in [6.07, 6.45) is 1.46. The number of halogens is 2. The predicted octanol–water partition coefficient (Wildman–Crippen LogP) is 2.04. The second-order valence-corrected chi connectivity index (χ2v) is 6.34. The van der Waals surface area contributed by atoms with Crippen LogP contribution in [0.5, 0.6) is 0 Å². The zero-order valence-electron chi connectivity index (χ0n) is 13.7. The molecular weight excluding hydrogens is 399 g/mol. The first kappa shape index (κ1) is 18.9. The molecule has 3 rings (SSSR count). The van der Waals surface area contributed by atoms with Crippen LogP contribution in [0.2, 0.25) is 10.0 Å². The maximum Gasteiger partial charge on any atom is 0.326 e. The van der Waals surface area contributed by atoms with Crippen molar-refractivity contribution in [3.05, 3.63) is 57.5 Å². The molecule has 0 saturated carbocycles. The van der Waals surface area contributed by atoms with E-state index < -0.39 is 36.8 Å². The van der Waals surface area contributed by atoms with Gasteiger partial charge in [0.2, 0.25) is 0 Å². The molecule has 0 spiro atoms. The summed E-state index contributed by atoms with van der Waals surface area (Å²) in [5.74, 6) is -2.30. The molecule has 0 unspecified atom stereocenters. The Morgan fingerprint density at radius 2 is 1.74 bits per heavy atom. The third kappa shape index (κ3) is 4.12. The Labute approximate surface area is 163 Å². The molecule has 0 fully saturated rings. The van der Waals surface area contributed by atoms with Crippen molar-refractivity contribution in [2.45, 2.75) is 6.54 Å². The first-order chi connectivity index (χ1) is 12.9. The molecule has 2 heterocycles. The highest BCUT2D eigenvalue weighted by Gasteiger charge is 2.37. The molecule has 1 aliphatic rings. The van der Waals surface area contributed by atoms with Gasteiger partial charge in [-0.05, 0) is 24.3 Å². The lowest BCUT2D eigenvalue weighted by atomic mass is 10.1. The van der Waals surface area contributed by atoms with Crippen molar-refractivity contribution in [1.29, 1.82) is 0 Å². The van der Waals surface area contributed by atoms with Gasteiger partial charge in [-0.15, -0.1) is 0 Å². The van der Waals surface area contributed by atoms with Crippen LogP contribution in [0.3, 0.4) is 0 Å². The highest BCUT2D eigenvalue weighted by atomic mass is 35.5. The summed E-state index contributed by atoms with van der Waals surface area (Å²) in [6, 6.07) is 5.89. The normalized spacial score (nSPS) is 12.9. The molecule has 1 N–H and O–H groups in total. The van der Waals surface area contributed by atoms with E-state index in [1.165, 1.54) is 18.4 Å². The van der Waals surface area contributed by atoms with E-state index >= 15 is 0 Å². The minimum absolute atomic E-state index is 0.0541. The van der Waals surface area contributed by atoms with Gasteiger partial charge in [0.05, 0.1) is 34.0 Å². The number of rotatable bonds is 6. The van der Waals surface area contributed by atoms with Gasteiger partial charge >= 0.3 is 5.97 Å². The first-order valence-corrected chi connectivity index (χ1v) is 8.42. The van der Waals surface area contributed by atoms with Gasteiger partial charge in [0, 0.05) is 0 Å². The molecule has 0 radical (unpaired) electrons. The SMILES string of the molecule is O=C(COC(=O)CN1C(=O)c2cc(Cl)c(Cl)cc2C1=O)NCc1ccco1. The first-order valence-electron chi connectivity index (χ1n) is 7.66. The number of hydrogen-bond donors (Lipinski definition) is 1. The van der Waals surface area contributed by atoms with Crippen LogP contribution in [0.25, 0.3) is 0 Å². The fourth-order valence-corrected chi connectivity index (χ4v) is 2.73. The molecule has 27 heavy (non-hydrogen) atoms. The summed E-state index contributed by atoms with van der Waals surface area (Å²) in [5.41, 5.74) is 0.108. The summed E-state index contributed by atoms with van der Waals surface area (Å²) in [7, 11) is 0. The average Bonchev–Trinajstić information content (AvgIpc) is 3.23. The number of benzene rings is 1. The quantitative estimate of drug-likeness (QED) is 0.576. The third-order valence-electron chi connectivity index (χ3n) is 3.70. The minimum Gasteiger partial charge on any atom is -0.467 e. The molecule has 1 aromatic heterocycles. The molecule has 0 saturated heterocycles. The number of nitrogens with one attached hydrogen (secondary N) is 1. The Hall–Kier alpha value is -2.84. The smallest absolute Gasteiger partial charge is 0.326 e.